The van der Waals surface area contributed by atoms with E-state index in [9.17, 15) is 0 Å². The summed E-state index contributed by atoms with van der Waals surface area (Å²) in [6, 6.07) is 20.1. The minimum absolute atomic E-state index is 0.459. The Morgan fingerprint density at radius 3 is 1.84 bits per heavy atom. The molecule has 0 saturated heterocycles. The van der Waals surface area contributed by atoms with Crippen LogP contribution in [0.25, 0.3) is 0 Å². The number of rotatable bonds is 5. The van der Waals surface area contributed by atoms with Crippen molar-refractivity contribution in [3.05, 3.63) is 73.3 Å². The van der Waals surface area contributed by atoms with Crippen LogP contribution in [-0.4, -0.2) is 14.9 Å². The van der Waals surface area contributed by atoms with E-state index < -0.39 is 8.32 Å². The van der Waals surface area contributed by atoms with Gasteiger partial charge in [-0.3, -0.25) is 0 Å². The van der Waals surface area contributed by atoms with Crippen LogP contribution in [0, 0.1) is 12.0 Å². The molecule has 0 unspecified atom stereocenters. The van der Waals surface area contributed by atoms with E-state index in [0.717, 1.165) is 10.4 Å². The second-order valence-electron chi connectivity index (χ2n) is 4.16. The lowest BCUT2D eigenvalue weighted by Gasteiger charge is -2.26. The van der Waals surface area contributed by atoms with Crippen molar-refractivity contribution in [3.8, 4) is 12.0 Å². The molecule has 0 atom stereocenters. The number of terminal acetylenes is 1. The highest BCUT2D eigenvalue weighted by Gasteiger charge is 2.37. The molecule has 2 rings (SSSR count). The number of hydrogen-bond donors (Lipinski definition) is 0. The summed E-state index contributed by atoms with van der Waals surface area (Å²) in [5.41, 5.74) is 2.95. The Kier molecular flexibility index (Phi) is 4.35. The van der Waals surface area contributed by atoms with Crippen LogP contribution in [0.2, 0.25) is 0 Å². The van der Waals surface area contributed by atoms with Gasteiger partial charge in [-0.25, -0.2) is 0 Å². The van der Waals surface area contributed by atoms with Crippen molar-refractivity contribution in [2.45, 2.75) is 0 Å². The summed E-state index contributed by atoms with van der Waals surface area (Å²) < 4.78 is 6.08. The maximum Gasteiger partial charge on any atom is 0.337 e. The van der Waals surface area contributed by atoms with Crippen LogP contribution in [-0.2, 0) is 4.43 Å². The highest BCUT2D eigenvalue weighted by molar-refractivity contribution is 7.03. The van der Waals surface area contributed by atoms with Gasteiger partial charge in [0.1, 0.15) is 0 Å². The van der Waals surface area contributed by atoms with E-state index in [1.54, 1.807) is 6.08 Å². The molecule has 0 radical (unpaired) electrons. The molecule has 2 heteroatoms. The molecule has 0 aliphatic heterocycles. The van der Waals surface area contributed by atoms with E-state index >= 15 is 0 Å². The first-order valence-corrected chi connectivity index (χ1v) is 8.08. The molecule has 0 heterocycles. The molecule has 0 fully saturated rings. The lowest BCUT2D eigenvalue weighted by Crippen LogP contribution is -2.60. The maximum atomic E-state index is 6.08. The summed E-state index contributed by atoms with van der Waals surface area (Å²) >= 11 is 0. The van der Waals surface area contributed by atoms with E-state index in [2.05, 4.69) is 12.1 Å². The van der Waals surface area contributed by atoms with Crippen LogP contribution in [0.4, 0.5) is 0 Å². The second kappa shape index (κ2) is 6.19. The Labute approximate surface area is 115 Å². The fourth-order valence-electron chi connectivity index (χ4n) is 2.07. The zero-order valence-electron chi connectivity index (χ0n) is 10.8. The highest BCUT2D eigenvalue weighted by Crippen LogP contribution is 2.07. The average molecular weight is 264 g/mol. The quantitative estimate of drug-likeness (QED) is 0.457. The van der Waals surface area contributed by atoms with Gasteiger partial charge in [0, 0.05) is 0 Å². The summed E-state index contributed by atoms with van der Waals surface area (Å²) in [5.74, 6) is 0. The van der Waals surface area contributed by atoms with E-state index in [-0.39, 0.29) is 0 Å². The van der Waals surface area contributed by atoms with E-state index in [1.165, 1.54) is 0 Å². The molecule has 0 aliphatic carbocycles. The molecule has 0 amide bonds. The first-order valence-electron chi connectivity index (χ1n) is 6.17. The highest BCUT2D eigenvalue weighted by atomic mass is 28.4. The Hall–Kier alpha value is -2.08. The van der Waals surface area contributed by atoms with Crippen molar-refractivity contribution in [1.29, 1.82) is 0 Å². The molecule has 0 N–H and O–H groups in total. The molecule has 94 valence electrons. The fourth-order valence-corrected chi connectivity index (χ4v) is 4.85. The third kappa shape index (κ3) is 2.68. The third-order valence-corrected chi connectivity index (χ3v) is 6.28. The summed E-state index contributed by atoms with van der Waals surface area (Å²) in [7, 11) is -2.59. The minimum atomic E-state index is -2.59. The monoisotopic (exact) mass is 264 g/mol. The smallest absolute Gasteiger partial charge is 0.337 e. The standard InChI is InChI=1S/C17H16OSi/c1-3-15-18-19(4-2,16-11-7-5-8-12-16)17-13-9-6-10-14-17/h2-3,5-14H,1,15H2. The topological polar surface area (TPSA) is 9.23 Å². The Balaban J connectivity index is 2.55. The van der Waals surface area contributed by atoms with Gasteiger partial charge in [-0.1, -0.05) is 72.3 Å². The molecule has 0 spiro atoms. The molecule has 2 aromatic carbocycles. The Morgan fingerprint density at radius 1 is 1.00 bits per heavy atom. The Bertz CT molecular complexity index is 530. The molecule has 0 bridgehead atoms. The number of benzene rings is 2. The summed E-state index contributed by atoms with van der Waals surface area (Å²) in [5, 5.41) is 2.18. The summed E-state index contributed by atoms with van der Waals surface area (Å²) in [6.07, 6.45) is 7.61. The third-order valence-electron chi connectivity index (χ3n) is 2.98. The molecule has 0 saturated carbocycles. The Morgan fingerprint density at radius 2 is 1.47 bits per heavy atom. The van der Waals surface area contributed by atoms with Crippen LogP contribution >= 0.6 is 0 Å². The first-order chi connectivity index (χ1) is 9.33. The van der Waals surface area contributed by atoms with Crippen LogP contribution < -0.4 is 10.4 Å². The first kappa shape index (κ1) is 13.4. The predicted molar refractivity (Wildman–Crippen MR) is 82.9 cm³/mol. The molecule has 19 heavy (non-hydrogen) atoms. The van der Waals surface area contributed by atoms with Crippen LogP contribution in [0.5, 0.6) is 0 Å². The minimum Gasteiger partial charge on any atom is -0.395 e. The van der Waals surface area contributed by atoms with Crippen LogP contribution in [0.1, 0.15) is 0 Å². The van der Waals surface area contributed by atoms with Gasteiger partial charge < -0.3 is 4.43 Å². The molecular weight excluding hydrogens is 248 g/mol. The van der Waals surface area contributed by atoms with Crippen molar-refractivity contribution in [2.75, 3.05) is 6.61 Å². The van der Waals surface area contributed by atoms with Crippen molar-refractivity contribution in [1.82, 2.24) is 0 Å². The zero-order valence-corrected chi connectivity index (χ0v) is 11.8. The molecular formula is C17H16OSi. The largest absolute Gasteiger partial charge is 0.395 e. The van der Waals surface area contributed by atoms with Gasteiger partial charge >= 0.3 is 8.32 Å². The number of hydrogen-bond acceptors (Lipinski definition) is 1. The molecule has 0 aromatic heterocycles. The average Bonchev–Trinajstić information content (AvgIpc) is 2.51. The van der Waals surface area contributed by atoms with Gasteiger partial charge in [-0.2, -0.15) is 0 Å². The van der Waals surface area contributed by atoms with Crippen molar-refractivity contribution in [3.63, 3.8) is 0 Å². The second-order valence-corrected chi connectivity index (χ2v) is 7.25. The summed E-state index contributed by atoms with van der Waals surface area (Å²) in [6.45, 7) is 4.17. The fraction of sp³-hybridized carbons (Fsp3) is 0.0588. The van der Waals surface area contributed by atoms with Crippen LogP contribution in [0.3, 0.4) is 0 Å². The predicted octanol–water partition coefficient (Wildman–Crippen LogP) is 2.12. The van der Waals surface area contributed by atoms with Gasteiger partial charge in [-0.15, -0.1) is 13.0 Å². The van der Waals surface area contributed by atoms with Gasteiger partial charge in [-0.05, 0) is 10.4 Å². The van der Waals surface area contributed by atoms with Crippen LogP contribution in [0.15, 0.2) is 73.3 Å². The maximum absolute atomic E-state index is 6.08. The molecule has 2 aromatic rings. The van der Waals surface area contributed by atoms with Crippen molar-refractivity contribution in [2.24, 2.45) is 0 Å². The van der Waals surface area contributed by atoms with Gasteiger partial charge in [0.05, 0.1) is 6.61 Å². The van der Waals surface area contributed by atoms with Crippen molar-refractivity contribution < 1.29 is 4.43 Å². The molecule has 0 aliphatic rings. The van der Waals surface area contributed by atoms with Gasteiger partial charge in [0.15, 0.2) is 0 Å². The SMILES string of the molecule is C#C[Si](OCC=C)(c1ccccc1)c1ccccc1. The zero-order chi connectivity index (χ0) is 13.6. The normalized spacial score (nSPS) is 10.7. The van der Waals surface area contributed by atoms with Crippen molar-refractivity contribution >= 4 is 18.7 Å². The van der Waals surface area contributed by atoms with Gasteiger partial charge in [0.25, 0.3) is 0 Å². The van der Waals surface area contributed by atoms with E-state index in [0.29, 0.717) is 6.61 Å². The lowest BCUT2D eigenvalue weighted by atomic mass is 10.4. The summed E-state index contributed by atoms with van der Waals surface area (Å²) in [4.78, 5) is 0. The van der Waals surface area contributed by atoms with Gasteiger partial charge in [0.2, 0.25) is 0 Å². The van der Waals surface area contributed by atoms with E-state index in [4.69, 9.17) is 10.8 Å². The molecule has 1 nitrogen and oxygen atoms in total. The van der Waals surface area contributed by atoms with E-state index in [1.807, 2.05) is 60.7 Å². The lowest BCUT2D eigenvalue weighted by molar-refractivity contribution is 0.372.